The molecule has 0 unspecified atom stereocenters. The Morgan fingerprint density at radius 2 is 2.41 bits per heavy atom. The second-order valence-electron chi connectivity index (χ2n) is 3.04. The summed E-state index contributed by atoms with van der Waals surface area (Å²) in [6, 6.07) is 2.55. The number of nitrogens with zero attached hydrogens (tertiary/aromatic N) is 3. The predicted molar refractivity (Wildman–Crippen MR) is 57.4 cm³/mol. The number of hydrogen-bond donors (Lipinski definition) is 1. The van der Waals surface area contributed by atoms with Crippen LogP contribution in [0.25, 0.3) is 0 Å². The molecule has 0 bridgehead atoms. The smallest absolute Gasteiger partial charge is 0.400 e. The summed E-state index contributed by atoms with van der Waals surface area (Å²) in [7, 11) is 0. The molecule has 0 aliphatic carbocycles. The summed E-state index contributed by atoms with van der Waals surface area (Å²) in [5.41, 5.74) is 0. The van der Waals surface area contributed by atoms with E-state index >= 15 is 0 Å². The van der Waals surface area contributed by atoms with Crippen molar-refractivity contribution < 1.29 is 19.2 Å². The number of amides is 1. The SMILES string of the molecule is CC(=O)N(CCO)N=Cc1ccc([N+](=O)[O-])o1. The number of hydrogen-bond acceptors (Lipinski definition) is 6. The Bertz CT molecular complexity index is 440. The summed E-state index contributed by atoms with van der Waals surface area (Å²) >= 11 is 0. The lowest BCUT2D eigenvalue weighted by Crippen LogP contribution is -2.26. The van der Waals surface area contributed by atoms with Gasteiger partial charge in [0.1, 0.15) is 4.92 Å². The molecule has 1 rings (SSSR count). The highest BCUT2D eigenvalue weighted by Gasteiger charge is 2.11. The zero-order chi connectivity index (χ0) is 12.8. The minimum Gasteiger partial charge on any atom is -0.400 e. The molecule has 1 heterocycles. The van der Waals surface area contributed by atoms with Gasteiger partial charge in [-0.15, -0.1) is 0 Å². The van der Waals surface area contributed by atoms with Crippen LogP contribution in [0.3, 0.4) is 0 Å². The van der Waals surface area contributed by atoms with E-state index in [0.717, 1.165) is 5.01 Å². The normalized spacial score (nSPS) is 10.7. The van der Waals surface area contributed by atoms with E-state index in [-0.39, 0.29) is 24.8 Å². The van der Waals surface area contributed by atoms with Crippen LogP contribution in [-0.2, 0) is 4.79 Å². The van der Waals surface area contributed by atoms with Crippen LogP contribution in [0.5, 0.6) is 0 Å². The zero-order valence-corrected chi connectivity index (χ0v) is 9.07. The van der Waals surface area contributed by atoms with Crippen LogP contribution >= 0.6 is 0 Å². The third kappa shape index (κ3) is 3.68. The van der Waals surface area contributed by atoms with E-state index in [9.17, 15) is 14.9 Å². The van der Waals surface area contributed by atoms with Gasteiger partial charge in [-0.1, -0.05) is 0 Å². The first-order valence-corrected chi connectivity index (χ1v) is 4.71. The summed E-state index contributed by atoms with van der Waals surface area (Å²) in [5, 5.41) is 23.8. The number of aliphatic hydroxyl groups is 1. The fourth-order valence-corrected chi connectivity index (χ4v) is 1.03. The van der Waals surface area contributed by atoms with Crippen LogP contribution < -0.4 is 0 Å². The zero-order valence-electron chi connectivity index (χ0n) is 9.07. The molecule has 1 N–H and O–H groups in total. The molecule has 1 aromatic heterocycles. The summed E-state index contributed by atoms with van der Waals surface area (Å²) in [6.45, 7) is 1.11. The Labute approximate surface area is 96.3 Å². The number of furan rings is 1. The van der Waals surface area contributed by atoms with Crippen molar-refractivity contribution in [3.63, 3.8) is 0 Å². The van der Waals surface area contributed by atoms with E-state index in [0.29, 0.717) is 0 Å². The van der Waals surface area contributed by atoms with Crippen molar-refractivity contribution >= 4 is 18.0 Å². The molecule has 1 amide bonds. The van der Waals surface area contributed by atoms with Crippen molar-refractivity contribution in [2.24, 2.45) is 5.10 Å². The second-order valence-corrected chi connectivity index (χ2v) is 3.04. The van der Waals surface area contributed by atoms with E-state index in [1.807, 2.05) is 0 Å². The highest BCUT2D eigenvalue weighted by atomic mass is 16.6. The molecule has 8 nitrogen and oxygen atoms in total. The molecule has 0 spiro atoms. The number of carbonyl (C=O) groups is 1. The molecular weight excluding hydrogens is 230 g/mol. The van der Waals surface area contributed by atoms with Gasteiger partial charge in [-0.25, -0.2) is 5.01 Å². The second kappa shape index (κ2) is 5.75. The maximum absolute atomic E-state index is 11.0. The lowest BCUT2D eigenvalue weighted by Gasteiger charge is -2.11. The Morgan fingerprint density at radius 3 is 2.88 bits per heavy atom. The van der Waals surface area contributed by atoms with Crippen LogP contribution in [0.1, 0.15) is 12.7 Å². The molecule has 92 valence electrons. The number of carbonyl (C=O) groups excluding carboxylic acids is 1. The van der Waals surface area contributed by atoms with Gasteiger partial charge in [0.25, 0.3) is 0 Å². The largest absolute Gasteiger partial charge is 0.433 e. The van der Waals surface area contributed by atoms with Gasteiger partial charge in [0.15, 0.2) is 5.76 Å². The molecule has 0 aliphatic heterocycles. The minimum atomic E-state index is -0.673. The highest BCUT2D eigenvalue weighted by Crippen LogP contribution is 2.13. The molecule has 0 atom stereocenters. The number of aliphatic hydroxyl groups excluding tert-OH is 1. The summed E-state index contributed by atoms with van der Waals surface area (Å²) in [6.07, 6.45) is 1.17. The first kappa shape index (κ1) is 12.8. The molecule has 0 saturated heterocycles. The van der Waals surface area contributed by atoms with Gasteiger partial charge in [-0.3, -0.25) is 14.9 Å². The summed E-state index contributed by atoms with van der Waals surface area (Å²) in [4.78, 5) is 20.7. The molecule has 0 aromatic carbocycles. The Balaban J connectivity index is 2.73. The van der Waals surface area contributed by atoms with E-state index < -0.39 is 10.8 Å². The summed E-state index contributed by atoms with van der Waals surface area (Å²) in [5.74, 6) is -0.597. The molecule has 17 heavy (non-hydrogen) atoms. The Morgan fingerprint density at radius 1 is 1.71 bits per heavy atom. The fourth-order valence-electron chi connectivity index (χ4n) is 1.03. The standard InChI is InChI=1S/C9H11N3O5/c1-7(14)11(4-5-13)10-6-8-2-3-9(17-8)12(15)16/h2-3,6,13H,4-5H2,1H3. The monoisotopic (exact) mass is 241 g/mol. The van der Waals surface area contributed by atoms with Gasteiger partial charge in [0.2, 0.25) is 5.91 Å². The van der Waals surface area contributed by atoms with Crippen molar-refractivity contribution in [2.75, 3.05) is 13.2 Å². The van der Waals surface area contributed by atoms with E-state index in [2.05, 4.69) is 5.10 Å². The number of hydrazone groups is 1. The van der Waals surface area contributed by atoms with Crippen molar-refractivity contribution in [1.82, 2.24) is 5.01 Å². The van der Waals surface area contributed by atoms with Crippen LogP contribution in [0.4, 0.5) is 5.88 Å². The van der Waals surface area contributed by atoms with Crippen LogP contribution in [0.15, 0.2) is 21.7 Å². The maximum atomic E-state index is 11.0. The van der Waals surface area contributed by atoms with E-state index in [1.54, 1.807) is 0 Å². The van der Waals surface area contributed by atoms with Crippen molar-refractivity contribution in [3.8, 4) is 0 Å². The van der Waals surface area contributed by atoms with Gasteiger partial charge >= 0.3 is 5.88 Å². The lowest BCUT2D eigenvalue weighted by atomic mass is 10.5. The molecule has 1 aromatic rings. The third-order valence-corrected chi connectivity index (χ3v) is 1.79. The van der Waals surface area contributed by atoms with Crippen molar-refractivity contribution in [2.45, 2.75) is 6.92 Å². The molecular formula is C9H11N3O5. The first-order valence-electron chi connectivity index (χ1n) is 4.71. The topological polar surface area (TPSA) is 109 Å². The maximum Gasteiger partial charge on any atom is 0.433 e. The van der Waals surface area contributed by atoms with Gasteiger partial charge in [-0.05, 0) is 6.07 Å². The minimum absolute atomic E-state index is 0.0502. The lowest BCUT2D eigenvalue weighted by molar-refractivity contribution is -0.402. The van der Waals surface area contributed by atoms with Crippen LogP contribution in [0.2, 0.25) is 0 Å². The molecule has 0 radical (unpaired) electrons. The molecule has 0 fully saturated rings. The Kier molecular flexibility index (Phi) is 4.35. The molecule has 0 saturated carbocycles. The van der Waals surface area contributed by atoms with E-state index in [1.165, 1.54) is 25.3 Å². The van der Waals surface area contributed by atoms with Crippen molar-refractivity contribution in [1.29, 1.82) is 0 Å². The highest BCUT2D eigenvalue weighted by molar-refractivity contribution is 5.79. The number of nitro groups is 1. The van der Waals surface area contributed by atoms with Crippen LogP contribution in [-0.4, -0.2) is 40.3 Å². The van der Waals surface area contributed by atoms with Gasteiger partial charge in [-0.2, -0.15) is 5.10 Å². The molecule has 8 heteroatoms. The first-order chi connectivity index (χ1) is 8.04. The molecule has 0 aliphatic rings. The fraction of sp³-hybridized carbons (Fsp3) is 0.333. The van der Waals surface area contributed by atoms with Gasteiger partial charge in [0, 0.05) is 6.92 Å². The Hall–Kier alpha value is -2.22. The summed E-state index contributed by atoms with van der Waals surface area (Å²) < 4.78 is 4.80. The average molecular weight is 241 g/mol. The van der Waals surface area contributed by atoms with Gasteiger partial charge in [0.05, 0.1) is 25.4 Å². The van der Waals surface area contributed by atoms with E-state index in [4.69, 9.17) is 9.52 Å². The van der Waals surface area contributed by atoms with Gasteiger partial charge < -0.3 is 9.52 Å². The van der Waals surface area contributed by atoms with Crippen molar-refractivity contribution in [3.05, 3.63) is 28.0 Å². The third-order valence-electron chi connectivity index (χ3n) is 1.79. The quantitative estimate of drug-likeness (QED) is 0.454. The number of rotatable bonds is 5. The predicted octanol–water partition coefficient (Wildman–Crippen LogP) is 0.362. The van der Waals surface area contributed by atoms with Crippen LogP contribution in [0, 0.1) is 10.1 Å². The average Bonchev–Trinajstić information content (AvgIpc) is 2.72.